The van der Waals surface area contributed by atoms with Crippen LogP contribution >= 0.6 is 11.3 Å². The molecule has 1 aromatic heterocycles. The van der Waals surface area contributed by atoms with Crippen LogP contribution in [0.4, 0.5) is 0 Å². The van der Waals surface area contributed by atoms with Gasteiger partial charge >= 0.3 is 0 Å². The zero-order valence-corrected chi connectivity index (χ0v) is 13.0. The number of fused-ring (bicyclic) bond motifs is 3. The molecule has 1 unspecified atom stereocenters. The van der Waals surface area contributed by atoms with E-state index in [2.05, 4.69) is 12.6 Å². The van der Waals surface area contributed by atoms with Crippen molar-refractivity contribution in [3.05, 3.63) is 47.4 Å². The Bertz CT molecular complexity index is 741. The monoisotopic (exact) mass is 306 g/mol. The average molecular weight is 306 g/mol. The molecule has 2 heterocycles. The molecule has 3 rings (SSSR count). The maximum Gasteiger partial charge on any atom is 0.162 e. The maximum absolute atomic E-state index is 12.4. The standard InChI is InChI=1S/C16H18O2S2/c1-2-3-4-5-10-15-16-13(11-20(15,17)18)12-8-6-7-9-14(12)19-16/h2,6-9,15H,1,3-5,10-11H2. The molecule has 0 saturated carbocycles. The van der Waals surface area contributed by atoms with Crippen LogP contribution < -0.4 is 0 Å². The Kier molecular flexibility index (Phi) is 3.69. The second-order valence-electron chi connectivity index (χ2n) is 5.31. The minimum atomic E-state index is -3.00. The van der Waals surface area contributed by atoms with Gasteiger partial charge in [-0.05, 0) is 36.3 Å². The van der Waals surface area contributed by atoms with E-state index in [4.69, 9.17) is 0 Å². The van der Waals surface area contributed by atoms with Crippen molar-refractivity contribution in [1.82, 2.24) is 0 Å². The van der Waals surface area contributed by atoms with Crippen LogP contribution in [0, 0.1) is 0 Å². The quantitative estimate of drug-likeness (QED) is 0.597. The summed E-state index contributed by atoms with van der Waals surface area (Å²) in [6.45, 7) is 3.71. The van der Waals surface area contributed by atoms with Crippen LogP contribution in [0.25, 0.3) is 10.1 Å². The summed E-state index contributed by atoms with van der Waals surface area (Å²) >= 11 is 1.66. The van der Waals surface area contributed by atoms with Gasteiger partial charge in [-0.15, -0.1) is 17.9 Å². The third kappa shape index (κ3) is 2.31. The minimum Gasteiger partial charge on any atom is -0.228 e. The fraction of sp³-hybridized carbons (Fsp3) is 0.375. The molecule has 20 heavy (non-hydrogen) atoms. The van der Waals surface area contributed by atoms with Crippen LogP contribution in [0.15, 0.2) is 36.9 Å². The zero-order valence-electron chi connectivity index (χ0n) is 11.3. The summed E-state index contributed by atoms with van der Waals surface area (Å²) in [5, 5.41) is 0.851. The van der Waals surface area contributed by atoms with Gasteiger partial charge in [-0.25, -0.2) is 8.42 Å². The molecule has 106 valence electrons. The molecular weight excluding hydrogens is 288 g/mol. The number of rotatable bonds is 5. The van der Waals surface area contributed by atoms with Crippen molar-refractivity contribution in [3.63, 3.8) is 0 Å². The normalized spacial score (nSPS) is 20.1. The number of sulfone groups is 1. The first-order chi connectivity index (χ1) is 9.63. The van der Waals surface area contributed by atoms with E-state index in [0.29, 0.717) is 0 Å². The predicted molar refractivity (Wildman–Crippen MR) is 85.9 cm³/mol. The Balaban J connectivity index is 1.92. The fourth-order valence-electron chi connectivity index (χ4n) is 2.92. The Hall–Kier alpha value is -1.13. The number of benzene rings is 1. The highest BCUT2D eigenvalue weighted by Crippen LogP contribution is 2.47. The van der Waals surface area contributed by atoms with Crippen LogP contribution in [0.5, 0.6) is 0 Å². The maximum atomic E-state index is 12.4. The van der Waals surface area contributed by atoms with Gasteiger partial charge in [-0.2, -0.15) is 0 Å². The van der Waals surface area contributed by atoms with Crippen molar-refractivity contribution in [3.8, 4) is 0 Å². The second-order valence-corrected chi connectivity index (χ2v) is 8.58. The molecule has 2 aromatic rings. The molecule has 2 nitrogen and oxygen atoms in total. The van der Waals surface area contributed by atoms with Gasteiger partial charge in [0.25, 0.3) is 0 Å². The Morgan fingerprint density at radius 3 is 2.90 bits per heavy atom. The molecule has 1 aliphatic rings. The Morgan fingerprint density at radius 1 is 1.30 bits per heavy atom. The minimum absolute atomic E-state index is 0.221. The number of hydrogen-bond donors (Lipinski definition) is 0. The Labute approximate surface area is 124 Å². The SMILES string of the molecule is C=CCCCCC1c2sc3ccccc3c2CS1(=O)=O. The van der Waals surface area contributed by atoms with Gasteiger partial charge in [0, 0.05) is 9.58 Å². The van der Waals surface area contributed by atoms with Crippen molar-refractivity contribution in [2.75, 3.05) is 0 Å². The van der Waals surface area contributed by atoms with E-state index >= 15 is 0 Å². The molecule has 0 amide bonds. The molecule has 0 saturated heterocycles. The van der Waals surface area contributed by atoms with Crippen molar-refractivity contribution < 1.29 is 8.42 Å². The lowest BCUT2D eigenvalue weighted by atomic mass is 10.1. The largest absolute Gasteiger partial charge is 0.228 e. The van der Waals surface area contributed by atoms with E-state index < -0.39 is 9.84 Å². The molecule has 0 aliphatic carbocycles. The zero-order chi connectivity index (χ0) is 14.2. The van der Waals surface area contributed by atoms with Gasteiger partial charge < -0.3 is 0 Å². The Morgan fingerprint density at radius 2 is 2.10 bits per heavy atom. The van der Waals surface area contributed by atoms with Gasteiger partial charge in [0.05, 0.1) is 11.0 Å². The molecule has 0 fully saturated rings. The lowest BCUT2D eigenvalue weighted by molar-refractivity contribution is 0.573. The predicted octanol–water partition coefficient (Wildman–Crippen LogP) is 4.62. The summed E-state index contributed by atoms with van der Waals surface area (Å²) in [5.74, 6) is 0.221. The van der Waals surface area contributed by atoms with Gasteiger partial charge in [-0.3, -0.25) is 0 Å². The first-order valence-electron chi connectivity index (χ1n) is 6.96. The second kappa shape index (κ2) is 5.34. The summed E-state index contributed by atoms with van der Waals surface area (Å²) in [5.41, 5.74) is 1.05. The average Bonchev–Trinajstić information content (AvgIpc) is 2.88. The molecule has 0 bridgehead atoms. The smallest absolute Gasteiger partial charge is 0.162 e. The van der Waals surface area contributed by atoms with Crippen molar-refractivity contribution in [2.45, 2.75) is 36.7 Å². The first kappa shape index (κ1) is 13.8. The molecule has 1 atom stereocenters. The van der Waals surface area contributed by atoms with E-state index in [-0.39, 0.29) is 11.0 Å². The number of unbranched alkanes of at least 4 members (excludes halogenated alkanes) is 2. The highest BCUT2D eigenvalue weighted by atomic mass is 32.2. The summed E-state index contributed by atoms with van der Waals surface area (Å²) < 4.78 is 26.0. The molecule has 1 aliphatic heterocycles. The molecule has 0 radical (unpaired) electrons. The van der Waals surface area contributed by atoms with Crippen LogP contribution in [-0.2, 0) is 15.6 Å². The summed E-state index contributed by atoms with van der Waals surface area (Å²) in [6, 6.07) is 8.13. The lowest BCUT2D eigenvalue weighted by Gasteiger charge is -2.09. The molecule has 0 N–H and O–H groups in total. The van der Waals surface area contributed by atoms with Gasteiger partial charge in [0.1, 0.15) is 0 Å². The third-order valence-electron chi connectivity index (χ3n) is 3.93. The van der Waals surface area contributed by atoms with Crippen LogP contribution in [0.3, 0.4) is 0 Å². The molecule has 4 heteroatoms. The van der Waals surface area contributed by atoms with Crippen LogP contribution in [0.2, 0.25) is 0 Å². The number of hydrogen-bond acceptors (Lipinski definition) is 3. The molecule has 1 aromatic carbocycles. The van der Waals surface area contributed by atoms with E-state index in [1.54, 1.807) is 11.3 Å². The van der Waals surface area contributed by atoms with Gasteiger partial charge in [0.2, 0.25) is 0 Å². The van der Waals surface area contributed by atoms with E-state index in [9.17, 15) is 8.42 Å². The molecular formula is C16H18O2S2. The lowest BCUT2D eigenvalue weighted by Crippen LogP contribution is -2.06. The van der Waals surface area contributed by atoms with Crippen LogP contribution in [-0.4, -0.2) is 8.42 Å². The van der Waals surface area contributed by atoms with Crippen molar-refractivity contribution in [2.24, 2.45) is 0 Å². The molecule has 0 spiro atoms. The van der Waals surface area contributed by atoms with E-state index in [1.807, 2.05) is 24.3 Å². The summed E-state index contributed by atoms with van der Waals surface area (Å²) in [4.78, 5) is 1.09. The summed E-state index contributed by atoms with van der Waals surface area (Å²) in [6.07, 6.45) is 5.58. The first-order valence-corrected chi connectivity index (χ1v) is 9.49. The third-order valence-corrected chi connectivity index (χ3v) is 7.43. The van der Waals surface area contributed by atoms with Gasteiger partial charge in [-0.1, -0.05) is 30.7 Å². The van der Waals surface area contributed by atoms with Gasteiger partial charge in [0.15, 0.2) is 9.84 Å². The highest BCUT2D eigenvalue weighted by Gasteiger charge is 2.38. The number of thiophene rings is 1. The van der Waals surface area contributed by atoms with Crippen molar-refractivity contribution in [1.29, 1.82) is 0 Å². The summed E-state index contributed by atoms with van der Waals surface area (Å²) in [7, 11) is -3.00. The topological polar surface area (TPSA) is 34.1 Å². The van der Waals surface area contributed by atoms with E-state index in [1.165, 1.54) is 4.70 Å². The fourth-order valence-corrected chi connectivity index (χ4v) is 6.74. The van der Waals surface area contributed by atoms with Crippen molar-refractivity contribution >= 4 is 31.3 Å². The van der Waals surface area contributed by atoms with Crippen LogP contribution in [0.1, 0.15) is 41.4 Å². The number of allylic oxidation sites excluding steroid dienone is 1. The highest BCUT2D eigenvalue weighted by molar-refractivity contribution is 7.91. The van der Waals surface area contributed by atoms with E-state index in [0.717, 1.165) is 41.5 Å².